The number of hydrogen-bond donors (Lipinski definition) is 3. The summed E-state index contributed by atoms with van der Waals surface area (Å²) in [5.74, 6) is 0.456. The lowest BCUT2D eigenvalue weighted by atomic mass is 10.1. The van der Waals surface area contributed by atoms with Gasteiger partial charge in [0.25, 0.3) is 5.91 Å². The molecular formula is C16H23N3O3. The van der Waals surface area contributed by atoms with E-state index in [0.717, 1.165) is 24.9 Å². The third kappa shape index (κ3) is 4.73. The number of carbonyl (C=O) groups is 2. The fourth-order valence-corrected chi connectivity index (χ4v) is 2.53. The van der Waals surface area contributed by atoms with Crippen LogP contribution >= 0.6 is 0 Å². The second kappa shape index (κ2) is 7.79. The Kier molecular flexibility index (Phi) is 5.77. The number of nitrogens with two attached hydrogens (primary N) is 1. The molecule has 0 aliphatic heterocycles. The van der Waals surface area contributed by atoms with Gasteiger partial charge in [0.1, 0.15) is 5.75 Å². The molecule has 1 aromatic rings. The van der Waals surface area contributed by atoms with Crippen molar-refractivity contribution in [2.24, 2.45) is 11.7 Å². The number of nitrogens with one attached hydrogen (secondary N) is 2. The van der Waals surface area contributed by atoms with E-state index in [2.05, 4.69) is 10.6 Å². The van der Waals surface area contributed by atoms with E-state index in [1.807, 2.05) is 6.92 Å². The Balaban J connectivity index is 1.81. The van der Waals surface area contributed by atoms with Crippen LogP contribution in [0.15, 0.2) is 24.3 Å². The maximum atomic E-state index is 12.1. The minimum atomic E-state index is -0.155. The predicted octanol–water partition coefficient (Wildman–Crippen LogP) is 1.27. The zero-order chi connectivity index (χ0) is 15.9. The Morgan fingerprint density at radius 2 is 2.00 bits per heavy atom. The largest absolute Gasteiger partial charge is 0.484 e. The van der Waals surface area contributed by atoms with Gasteiger partial charge in [-0.25, -0.2) is 0 Å². The Morgan fingerprint density at radius 1 is 1.27 bits per heavy atom. The van der Waals surface area contributed by atoms with Crippen molar-refractivity contribution in [1.82, 2.24) is 5.32 Å². The number of carbonyl (C=O) groups excluding carboxylic acids is 2. The van der Waals surface area contributed by atoms with Gasteiger partial charge in [-0.3, -0.25) is 9.59 Å². The average molecular weight is 305 g/mol. The summed E-state index contributed by atoms with van der Waals surface area (Å²) in [5.41, 5.74) is 6.54. The molecule has 6 heteroatoms. The predicted molar refractivity (Wildman–Crippen MR) is 84.6 cm³/mol. The van der Waals surface area contributed by atoms with Gasteiger partial charge in [0, 0.05) is 24.2 Å². The van der Waals surface area contributed by atoms with E-state index in [0.29, 0.717) is 12.3 Å². The number of likely N-dealkylation sites (N-methyl/N-ethyl adjacent to an activating group) is 1. The lowest BCUT2D eigenvalue weighted by molar-refractivity contribution is -0.123. The maximum Gasteiger partial charge on any atom is 0.257 e. The summed E-state index contributed by atoms with van der Waals surface area (Å²) in [6.45, 7) is 2.42. The number of anilines is 1. The molecule has 4 N–H and O–H groups in total. The molecule has 1 saturated carbocycles. The number of benzene rings is 1. The molecule has 2 amide bonds. The van der Waals surface area contributed by atoms with E-state index in [4.69, 9.17) is 10.5 Å². The number of ether oxygens (including phenoxy) is 1. The Morgan fingerprint density at radius 3 is 2.59 bits per heavy atom. The number of amides is 2. The number of rotatable bonds is 6. The van der Waals surface area contributed by atoms with Crippen LogP contribution in [-0.2, 0) is 9.59 Å². The van der Waals surface area contributed by atoms with E-state index in [-0.39, 0.29) is 30.4 Å². The zero-order valence-electron chi connectivity index (χ0n) is 12.8. The normalized spacial score (nSPS) is 20.5. The summed E-state index contributed by atoms with van der Waals surface area (Å²) < 4.78 is 5.35. The van der Waals surface area contributed by atoms with Crippen molar-refractivity contribution in [3.63, 3.8) is 0 Å². The second-order valence-electron chi connectivity index (χ2n) is 5.53. The third-order valence-corrected chi connectivity index (χ3v) is 3.71. The van der Waals surface area contributed by atoms with Crippen LogP contribution in [0.1, 0.15) is 26.2 Å². The molecule has 0 aromatic heterocycles. The van der Waals surface area contributed by atoms with Gasteiger partial charge in [-0.15, -0.1) is 0 Å². The molecule has 0 spiro atoms. The van der Waals surface area contributed by atoms with Crippen LogP contribution in [0, 0.1) is 5.92 Å². The molecule has 1 fully saturated rings. The van der Waals surface area contributed by atoms with Crippen molar-refractivity contribution in [3.05, 3.63) is 24.3 Å². The number of hydrogen-bond acceptors (Lipinski definition) is 4. The molecule has 1 aliphatic carbocycles. The van der Waals surface area contributed by atoms with Crippen molar-refractivity contribution in [2.75, 3.05) is 18.5 Å². The monoisotopic (exact) mass is 305 g/mol. The first-order chi connectivity index (χ1) is 10.6. The first-order valence-electron chi connectivity index (χ1n) is 7.64. The Bertz CT molecular complexity index is 516. The molecule has 2 atom stereocenters. The summed E-state index contributed by atoms with van der Waals surface area (Å²) in [6.07, 6.45) is 2.50. The van der Waals surface area contributed by atoms with Crippen LogP contribution in [0.4, 0.5) is 5.69 Å². The summed E-state index contributed by atoms with van der Waals surface area (Å²) in [6, 6.07) is 7.13. The fraction of sp³-hybridized carbons (Fsp3) is 0.500. The zero-order valence-corrected chi connectivity index (χ0v) is 12.8. The highest BCUT2D eigenvalue weighted by Gasteiger charge is 2.27. The van der Waals surface area contributed by atoms with Crippen molar-refractivity contribution >= 4 is 17.5 Å². The molecule has 22 heavy (non-hydrogen) atoms. The van der Waals surface area contributed by atoms with E-state index in [1.165, 1.54) is 0 Å². The summed E-state index contributed by atoms with van der Waals surface area (Å²) in [5, 5.41) is 5.54. The molecule has 0 bridgehead atoms. The van der Waals surface area contributed by atoms with Gasteiger partial charge in [0.05, 0.1) is 0 Å². The lowest BCUT2D eigenvalue weighted by Crippen LogP contribution is -2.28. The van der Waals surface area contributed by atoms with Crippen LogP contribution in [0.25, 0.3) is 0 Å². The summed E-state index contributed by atoms with van der Waals surface area (Å²) >= 11 is 0. The SMILES string of the molecule is CCNC(=O)COc1ccc(NC(=O)C2CCC(N)C2)cc1. The van der Waals surface area contributed by atoms with Gasteiger partial charge in [-0.05, 0) is 50.5 Å². The summed E-state index contributed by atoms with van der Waals surface area (Å²) in [4.78, 5) is 23.4. The third-order valence-electron chi connectivity index (χ3n) is 3.71. The van der Waals surface area contributed by atoms with Crippen molar-refractivity contribution in [2.45, 2.75) is 32.2 Å². The molecule has 2 rings (SSSR count). The van der Waals surface area contributed by atoms with Crippen molar-refractivity contribution in [3.8, 4) is 5.75 Å². The highest BCUT2D eigenvalue weighted by Crippen LogP contribution is 2.25. The van der Waals surface area contributed by atoms with E-state index >= 15 is 0 Å². The Hall–Kier alpha value is -2.08. The van der Waals surface area contributed by atoms with Gasteiger partial charge in [-0.2, -0.15) is 0 Å². The van der Waals surface area contributed by atoms with E-state index < -0.39 is 0 Å². The van der Waals surface area contributed by atoms with Crippen molar-refractivity contribution < 1.29 is 14.3 Å². The van der Waals surface area contributed by atoms with Gasteiger partial charge < -0.3 is 21.1 Å². The van der Waals surface area contributed by atoms with Gasteiger partial charge in [0.15, 0.2) is 6.61 Å². The molecule has 0 radical (unpaired) electrons. The fourth-order valence-electron chi connectivity index (χ4n) is 2.53. The molecular weight excluding hydrogens is 282 g/mol. The quantitative estimate of drug-likeness (QED) is 0.738. The van der Waals surface area contributed by atoms with Crippen LogP contribution < -0.4 is 21.1 Å². The molecule has 2 unspecified atom stereocenters. The second-order valence-corrected chi connectivity index (χ2v) is 5.53. The first kappa shape index (κ1) is 16.3. The van der Waals surface area contributed by atoms with Gasteiger partial charge in [0.2, 0.25) is 5.91 Å². The highest BCUT2D eigenvalue weighted by molar-refractivity contribution is 5.92. The first-order valence-corrected chi connectivity index (χ1v) is 7.64. The van der Waals surface area contributed by atoms with Crippen molar-refractivity contribution in [1.29, 1.82) is 0 Å². The van der Waals surface area contributed by atoms with E-state index in [1.54, 1.807) is 24.3 Å². The minimum Gasteiger partial charge on any atom is -0.484 e. The van der Waals surface area contributed by atoms with Crippen LogP contribution in [0.5, 0.6) is 5.75 Å². The lowest BCUT2D eigenvalue weighted by Gasteiger charge is -2.11. The van der Waals surface area contributed by atoms with Gasteiger partial charge in [-0.1, -0.05) is 0 Å². The maximum absolute atomic E-state index is 12.1. The minimum absolute atomic E-state index is 0.00339. The molecule has 6 nitrogen and oxygen atoms in total. The molecule has 0 saturated heterocycles. The standard InChI is InChI=1S/C16H23N3O3/c1-2-18-15(20)10-22-14-7-5-13(6-8-14)19-16(21)11-3-4-12(17)9-11/h5-8,11-12H,2-4,9-10,17H2,1H3,(H,18,20)(H,19,21). The topological polar surface area (TPSA) is 93.5 Å². The molecule has 0 heterocycles. The molecule has 120 valence electrons. The Labute approximate surface area is 130 Å². The van der Waals surface area contributed by atoms with Crippen LogP contribution in [0.3, 0.4) is 0 Å². The van der Waals surface area contributed by atoms with Gasteiger partial charge >= 0.3 is 0 Å². The molecule has 1 aromatic carbocycles. The molecule has 1 aliphatic rings. The summed E-state index contributed by atoms with van der Waals surface area (Å²) in [7, 11) is 0. The van der Waals surface area contributed by atoms with Crippen LogP contribution in [0.2, 0.25) is 0 Å². The highest BCUT2D eigenvalue weighted by atomic mass is 16.5. The van der Waals surface area contributed by atoms with Crippen LogP contribution in [-0.4, -0.2) is 31.0 Å². The average Bonchev–Trinajstić information content (AvgIpc) is 2.93. The smallest absolute Gasteiger partial charge is 0.257 e. The van der Waals surface area contributed by atoms with E-state index in [9.17, 15) is 9.59 Å².